The predicted molar refractivity (Wildman–Crippen MR) is 112 cm³/mol. The van der Waals surface area contributed by atoms with Crippen LogP contribution in [-0.4, -0.2) is 50.2 Å². The highest BCUT2D eigenvalue weighted by Gasteiger charge is 2.20. The minimum atomic E-state index is -0.210. The number of rotatable bonds is 3. The van der Waals surface area contributed by atoms with Crippen molar-refractivity contribution in [3.63, 3.8) is 0 Å². The third-order valence-corrected chi connectivity index (χ3v) is 6.43. The molecule has 4 aromatic rings. The summed E-state index contributed by atoms with van der Waals surface area (Å²) in [6.07, 6.45) is 1.01. The molecule has 1 aliphatic rings. The number of hydrogen-bond acceptors (Lipinski definition) is 6. The summed E-state index contributed by atoms with van der Waals surface area (Å²) >= 11 is 1.45. The summed E-state index contributed by atoms with van der Waals surface area (Å²) < 4.78 is 17.5. The zero-order valence-corrected chi connectivity index (χ0v) is 16.9. The topological polar surface area (TPSA) is 58.7 Å². The van der Waals surface area contributed by atoms with E-state index in [2.05, 4.69) is 20.0 Å². The highest BCUT2D eigenvalue weighted by molar-refractivity contribution is 7.17. The molecule has 3 aromatic heterocycles. The number of aromatic nitrogens is 4. The Labute approximate surface area is 170 Å². The summed E-state index contributed by atoms with van der Waals surface area (Å²) in [6.45, 7) is 4.30. The maximum Gasteiger partial charge on any atom is 0.272 e. The maximum atomic E-state index is 13.2. The van der Waals surface area contributed by atoms with Gasteiger partial charge in [0.2, 0.25) is 5.78 Å². The fraction of sp³-hybridized carbons (Fsp3) is 0.350. The molecule has 1 aliphatic heterocycles. The fourth-order valence-electron chi connectivity index (χ4n) is 3.99. The van der Waals surface area contributed by atoms with Gasteiger partial charge in [0, 0.05) is 38.9 Å². The molecule has 1 aromatic carbocycles. The Morgan fingerprint density at radius 2 is 1.90 bits per heavy atom. The fourth-order valence-corrected chi connectivity index (χ4v) is 4.85. The molecule has 0 atom stereocenters. The molecule has 0 aliphatic carbocycles. The number of aryl methyl sites for hydroxylation is 1. The molecule has 29 heavy (non-hydrogen) atoms. The Bertz CT molecular complexity index is 1230. The van der Waals surface area contributed by atoms with Crippen LogP contribution in [0.1, 0.15) is 12.2 Å². The van der Waals surface area contributed by atoms with Gasteiger partial charge in [0.1, 0.15) is 10.5 Å². The van der Waals surface area contributed by atoms with Gasteiger partial charge >= 0.3 is 0 Å². The van der Waals surface area contributed by atoms with E-state index >= 15 is 0 Å². The van der Waals surface area contributed by atoms with E-state index in [1.54, 1.807) is 11.6 Å². The van der Waals surface area contributed by atoms with E-state index in [1.165, 1.54) is 23.5 Å². The number of hydrogen-bond donors (Lipinski definition) is 0. The van der Waals surface area contributed by atoms with Crippen LogP contribution >= 0.6 is 11.3 Å². The SMILES string of the molecule is Cn1c(=O)c2sccc2n2c(CN3CCCN(c4ccc(F)cc4)CC3)nnc12. The van der Waals surface area contributed by atoms with Gasteiger partial charge in [0.25, 0.3) is 5.56 Å². The number of halogens is 1. The van der Waals surface area contributed by atoms with Crippen LogP contribution in [0, 0.1) is 5.82 Å². The van der Waals surface area contributed by atoms with Crippen LogP contribution in [0.3, 0.4) is 0 Å². The first-order chi connectivity index (χ1) is 14.1. The van der Waals surface area contributed by atoms with Crippen LogP contribution in [0.25, 0.3) is 16.0 Å². The standard InChI is InChI=1S/C20H21FN6OS/c1-24-19(28)18-16(7-12-29-18)27-17(22-23-20(24)27)13-25-8-2-9-26(11-10-25)15-5-3-14(21)4-6-15/h3-7,12H,2,8-11,13H2,1H3. The molecule has 1 fully saturated rings. The molecular formula is C20H21FN6OS. The van der Waals surface area contributed by atoms with Crippen molar-refractivity contribution in [1.82, 2.24) is 24.1 Å². The summed E-state index contributed by atoms with van der Waals surface area (Å²) in [5.74, 6) is 1.20. The van der Waals surface area contributed by atoms with Gasteiger partial charge in [-0.2, -0.15) is 0 Å². The highest BCUT2D eigenvalue weighted by atomic mass is 32.1. The summed E-state index contributed by atoms with van der Waals surface area (Å²) in [5.41, 5.74) is 1.89. The minimum Gasteiger partial charge on any atom is -0.370 e. The first kappa shape index (κ1) is 18.3. The first-order valence-corrected chi connectivity index (χ1v) is 10.5. The predicted octanol–water partition coefficient (Wildman–Crippen LogP) is 2.49. The third-order valence-electron chi connectivity index (χ3n) is 5.54. The van der Waals surface area contributed by atoms with Crippen molar-refractivity contribution in [2.75, 3.05) is 31.1 Å². The molecule has 0 spiro atoms. The second-order valence-electron chi connectivity index (χ2n) is 7.34. The number of thiophene rings is 1. The zero-order valence-electron chi connectivity index (χ0n) is 16.1. The van der Waals surface area contributed by atoms with Crippen LogP contribution < -0.4 is 10.5 Å². The van der Waals surface area contributed by atoms with Gasteiger partial charge in [0.15, 0.2) is 5.82 Å². The van der Waals surface area contributed by atoms with E-state index in [-0.39, 0.29) is 11.4 Å². The van der Waals surface area contributed by atoms with Crippen LogP contribution in [-0.2, 0) is 13.6 Å². The number of benzene rings is 1. The highest BCUT2D eigenvalue weighted by Crippen LogP contribution is 2.21. The normalized spacial score (nSPS) is 16.0. The lowest BCUT2D eigenvalue weighted by Crippen LogP contribution is -2.31. The molecule has 1 saturated heterocycles. The van der Waals surface area contributed by atoms with E-state index < -0.39 is 0 Å². The van der Waals surface area contributed by atoms with Crippen LogP contribution in [0.4, 0.5) is 10.1 Å². The third kappa shape index (κ3) is 3.20. The van der Waals surface area contributed by atoms with Crippen molar-refractivity contribution in [2.24, 2.45) is 7.05 Å². The van der Waals surface area contributed by atoms with Crippen molar-refractivity contribution in [3.8, 4) is 0 Å². The Hall–Kier alpha value is -2.78. The van der Waals surface area contributed by atoms with E-state index in [0.29, 0.717) is 12.3 Å². The molecule has 5 rings (SSSR count). The number of fused-ring (bicyclic) bond motifs is 3. The van der Waals surface area contributed by atoms with Gasteiger partial charge in [-0.1, -0.05) is 0 Å². The van der Waals surface area contributed by atoms with E-state index in [1.807, 2.05) is 28.0 Å². The zero-order chi connectivity index (χ0) is 20.0. The van der Waals surface area contributed by atoms with Crippen molar-refractivity contribution >= 4 is 33.0 Å². The number of anilines is 1. The molecule has 150 valence electrons. The second-order valence-corrected chi connectivity index (χ2v) is 8.26. The largest absolute Gasteiger partial charge is 0.370 e. The van der Waals surface area contributed by atoms with E-state index in [4.69, 9.17) is 0 Å². The number of nitrogens with zero attached hydrogens (tertiary/aromatic N) is 6. The van der Waals surface area contributed by atoms with Crippen LogP contribution in [0.15, 0.2) is 40.5 Å². The Morgan fingerprint density at radius 1 is 1.07 bits per heavy atom. The van der Waals surface area contributed by atoms with Crippen molar-refractivity contribution in [2.45, 2.75) is 13.0 Å². The second kappa shape index (κ2) is 7.23. The van der Waals surface area contributed by atoms with Gasteiger partial charge in [-0.05, 0) is 42.1 Å². The molecule has 0 radical (unpaired) electrons. The lowest BCUT2D eigenvalue weighted by Gasteiger charge is -2.23. The average molecular weight is 412 g/mol. The lowest BCUT2D eigenvalue weighted by atomic mass is 10.2. The van der Waals surface area contributed by atoms with Gasteiger partial charge in [-0.15, -0.1) is 21.5 Å². The maximum absolute atomic E-state index is 13.2. The van der Waals surface area contributed by atoms with Gasteiger partial charge in [0.05, 0.1) is 12.1 Å². The molecule has 0 amide bonds. The van der Waals surface area contributed by atoms with Crippen LogP contribution in [0.2, 0.25) is 0 Å². The molecule has 0 N–H and O–H groups in total. The van der Waals surface area contributed by atoms with E-state index in [9.17, 15) is 9.18 Å². The lowest BCUT2D eigenvalue weighted by molar-refractivity contribution is 0.277. The summed E-state index contributed by atoms with van der Waals surface area (Å²) in [6, 6.07) is 8.66. The van der Waals surface area contributed by atoms with Crippen molar-refractivity contribution in [3.05, 3.63) is 57.7 Å². The summed E-state index contributed by atoms with van der Waals surface area (Å²) in [4.78, 5) is 17.2. The Morgan fingerprint density at radius 3 is 2.72 bits per heavy atom. The van der Waals surface area contributed by atoms with Crippen molar-refractivity contribution in [1.29, 1.82) is 0 Å². The monoisotopic (exact) mass is 412 g/mol. The Balaban J connectivity index is 1.40. The molecule has 0 unspecified atom stereocenters. The first-order valence-electron chi connectivity index (χ1n) is 9.65. The molecule has 7 nitrogen and oxygen atoms in total. The smallest absolute Gasteiger partial charge is 0.272 e. The van der Waals surface area contributed by atoms with Gasteiger partial charge in [-0.25, -0.2) is 4.39 Å². The van der Waals surface area contributed by atoms with Gasteiger partial charge < -0.3 is 4.90 Å². The quantitative estimate of drug-likeness (QED) is 0.518. The summed E-state index contributed by atoms with van der Waals surface area (Å²) in [5, 5.41) is 10.6. The molecule has 9 heteroatoms. The summed E-state index contributed by atoms with van der Waals surface area (Å²) in [7, 11) is 1.74. The van der Waals surface area contributed by atoms with Crippen LogP contribution in [0.5, 0.6) is 0 Å². The van der Waals surface area contributed by atoms with E-state index in [0.717, 1.165) is 54.3 Å². The van der Waals surface area contributed by atoms with Crippen molar-refractivity contribution < 1.29 is 4.39 Å². The van der Waals surface area contributed by atoms with Gasteiger partial charge in [-0.3, -0.25) is 18.7 Å². The molecule has 0 saturated carbocycles. The Kier molecular flexibility index (Phi) is 4.56. The molecule has 0 bridgehead atoms. The average Bonchev–Trinajstić information content (AvgIpc) is 3.29. The minimum absolute atomic E-state index is 0.0360. The molecular weight excluding hydrogens is 391 g/mol. The molecule has 4 heterocycles.